The first-order valence-electron chi connectivity index (χ1n) is 7.39. The largest absolute Gasteiger partial charge is 0.460 e. The SMILES string of the molecule is CNC(CCCCC(=O)OC(C)(C)C)C1(C)C=CC=N1. The molecule has 0 aliphatic carbocycles. The van der Waals surface area contributed by atoms with E-state index < -0.39 is 0 Å². The zero-order valence-electron chi connectivity index (χ0n) is 13.4. The highest BCUT2D eigenvalue weighted by Crippen LogP contribution is 2.24. The normalized spacial score (nSPS) is 23.1. The van der Waals surface area contributed by atoms with E-state index in [4.69, 9.17) is 4.74 Å². The fourth-order valence-corrected chi connectivity index (χ4v) is 2.43. The molecule has 0 aromatic rings. The van der Waals surface area contributed by atoms with E-state index in [1.165, 1.54) is 0 Å². The number of allylic oxidation sites excluding steroid dienone is 1. The Morgan fingerprint density at radius 3 is 2.60 bits per heavy atom. The number of carbonyl (C=O) groups excluding carboxylic acids is 1. The second-order valence-corrected chi connectivity index (χ2v) is 6.54. The topological polar surface area (TPSA) is 50.7 Å². The van der Waals surface area contributed by atoms with E-state index in [0.29, 0.717) is 12.5 Å². The molecular weight excluding hydrogens is 252 g/mol. The number of rotatable bonds is 7. The first-order chi connectivity index (χ1) is 9.27. The molecule has 4 heteroatoms. The summed E-state index contributed by atoms with van der Waals surface area (Å²) in [6, 6.07) is 0.302. The van der Waals surface area contributed by atoms with Crippen molar-refractivity contribution in [2.75, 3.05) is 7.05 Å². The van der Waals surface area contributed by atoms with Crippen molar-refractivity contribution >= 4 is 12.2 Å². The lowest BCUT2D eigenvalue weighted by Gasteiger charge is -2.29. The van der Waals surface area contributed by atoms with E-state index in [0.717, 1.165) is 19.3 Å². The Bertz CT molecular complexity index is 368. The van der Waals surface area contributed by atoms with Crippen molar-refractivity contribution in [1.29, 1.82) is 0 Å². The van der Waals surface area contributed by atoms with Crippen molar-refractivity contribution in [1.82, 2.24) is 5.32 Å². The van der Waals surface area contributed by atoms with Gasteiger partial charge in [0.25, 0.3) is 0 Å². The minimum atomic E-state index is -0.387. The van der Waals surface area contributed by atoms with Crippen LogP contribution < -0.4 is 5.32 Å². The average molecular weight is 280 g/mol. The van der Waals surface area contributed by atoms with Gasteiger partial charge in [-0.05, 0) is 53.7 Å². The molecule has 0 saturated heterocycles. The van der Waals surface area contributed by atoms with Gasteiger partial charge in [0.15, 0.2) is 0 Å². The van der Waals surface area contributed by atoms with Crippen molar-refractivity contribution in [3.8, 4) is 0 Å². The molecule has 0 radical (unpaired) electrons. The van der Waals surface area contributed by atoms with Crippen molar-refractivity contribution in [2.45, 2.75) is 70.6 Å². The number of carbonyl (C=O) groups is 1. The number of ether oxygens (including phenoxy) is 1. The number of nitrogens with one attached hydrogen (secondary N) is 1. The highest BCUT2D eigenvalue weighted by Gasteiger charge is 2.30. The van der Waals surface area contributed by atoms with E-state index in [1.54, 1.807) is 0 Å². The fourth-order valence-electron chi connectivity index (χ4n) is 2.43. The number of unbranched alkanes of at least 4 members (excludes halogenated alkanes) is 1. The van der Waals surface area contributed by atoms with Crippen LogP contribution in [0.2, 0.25) is 0 Å². The third-order valence-electron chi connectivity index (χ3n) is 3.47. The van der Waals surface area contributed by atoms with E-state index in [2.05, 4.69) is 23.3 Å². The number of hydrogen-bond donors (Lipinski definition) is 1. The monoisotopic (exact) mass is 280 g/mol. The van der Waals surface area contributed by atoms with Gasteiger partial charge >= 0.3 is 5.97 Å². The van der Waals surface area contributed by atoms with Gasteiger partial charge < -0.3 is 10.1 Å². The Kier molecular flexibility index (Phi) is 5.93. The summed E-state index contributed by atoms with van der Waals surface area (Å²) in [5.41, 5.74) is -0.540. The molecule has 0 fully saturated rings. The molecule has 1 heterocycles. The predicted octanol–water partition coefficient (Wildman–Crippen LogP) is 2.88. The summed E-state index contributed by atoms with van der Waals surface area (Å²) in [5.74, 6) is -0.108. The summed E-state index contributed by atoms with van der Waals surface area (Å²) >= 11 is 0. The van der Waals surface area contributed by atoms with Gasteiger partial charge in [-0.3, -0.25) is 9.79 Å². The zero-order valence-corrected chi connectivity index (χ0v) is 13.4. The maximum atomic E-state index is 11.6. The van der Waals surface area contributed by atoms with Gasteiger partial charge in [0.1, 0.15) is 5.60 Å². The maximum Gasteiger partial charge on any atom is 0.306 e. The Labute approximate surface area is 122 Å². The Hall–Kier alpha value is -1.16. The summed E-state index contributed by atoms with van der Waals surface area (Å²) in [5, 5.41) is 3.33. The molecule has 0 bridgehead atoms. The first kappa shape index (κ1) is 16.9. The summed E-state index contributed by atoms with van der Waals surface area (Å²) in [6.07, 6.45) is 9.30. The van der Waals surface area contributed by atoms with E-state index in [9.17, 15) is 4.79 Å². The van der Waals surface area contributed by atoms with Crippen LogP contribution in [-0.4, -0.2) is 36.4 Å². The second-order valence-electron chi connectivity index (χ2n) is 6.54. The molecule has 2 atom stereocenters. The molecule has 114 valence electrons. The molecular formula is C16H28N2O2. The van der Waals surface area contributed by atoms with Gasteiger partial charge in [-0.2, -0.15) is 0 Å². The van der Waals surface area contributed by atoms with Gasteiger partial charge in [0.2, 0.25) is 0 Å². The molecule has 0 amide bonds. The quantitative estimate of drug-likeness (QED) is 0.576. The third kappa shape index (κ3) is 5.45. The van der Waals surface area contributed by atoms with Crippen LogP contribution in [0.25, 0.3) is 0 Å². The Morgan fingerprint density at radius 1 is 1.40 bits per heavy atom. The smallest absolute Gasteiger partial charge is 0.306 e. The van der Waals surface area contributed by atoms with Gasteiger partial charge in [0, 0.05) is 18.7 Å². The summed E-state index contributed by atoms with van der Waals surface area (Å²) in [4.78, 5) is 16.1. The van der Waals surface area contributed by atoms with E-state index in [-0.39, 0.29) is 17.1 Å². The number of esters is 1. The van der Waals surface area contributed by atoms with Crippen molar-refractivity contribution in [2.24, 2.45) is 4.99 Å². The summed E-state index contributed by atoms with van der Waals surface area (Å²) in [6.45, 7) is 7.82. The van der Waals surface area contributed by atoms with Crippen LogP contribution in [0, 0.1) is 0 Å². The molecule has 0 aromatic heterocycles. The van der Waals surface area contributed by atoms with Crippen LogP contribution >= 0.6 is 0 Å². The highest BCUT2D eigenvalue weighted by atomic mass is 16.6. The van der Waals surface area contributed by atoms with Crippen LogP contribution in [0.3, 0.4) is 0 Å². The van der Waals surface area contributed by atoms with Crippen LogP contribution in [0.15, 0.2) is 17.1 Å². The lowest BCUT2D eigenvalue weighted by Crippen LogP contribution is -2.43. The molecule has 4 nitrogen and oxygen atoms in total. The van der Waals surface area contributed by atoms with Gasteiger partial charge in [0.05, 0.1) is 5.54 Å². The van der Waals surface area contributed by atoms with Crippen LogP contribution in [0.5, 0.6) is 0 Å². The second kappa shape index (κ2) is 7.02. The predicted molar refractivity (Wildman–Crippen MR) is 83.2 cm³/mol. The number of nitrogens with zero attached hydrogens (tertiary/aromatic N) is 1. The molecule has 20 heavy (non-hydrogen) atoms. The summed E-state index contributed by atoms with van der Waals surface area (Å²) in [7, 11) is 1.96. The number of hydrogen-bond acceptors (Lipinski definition) is 4. The average Bonchev–Trinajstić information content (AvgIpc) is 2.74. The van der Waals surface area contributed by atoms with Gasteiger partial charge in [-0.25, -0.2) is 0 Å². The molecule has 0 spiro atoms. The summed E-state index contributed by atoms with van der Waals surface area (Å²) < 4.78 is 5.30. The van der Waals surface area contributed by atoms with Gasteiger partial charge in [-0.1, -0.05) is 12.5 Å². The molecule has 1 aliphatic heterocycles. The molecule has 1 aliphatic rings. The third-order valence-corrected chi connectivity index (χ3v) is 3.47. The van der Waals surface area contributed by atoms with E-state index in [1.807, 2.05) is 40.1 Å². The molecule has 2 unspecified atom stereocenters. The fraction of sp³-hybridized carbons (Fsp3) is 0.750. The molecule has 1 rings (SSSR count). The van der Waals surface area contributed by atoms with Crippen molar-refractivity contribution < 1.29 is 9.53 Å². The van der Waals surface area contributed by atoms with E-state index >= 15 is 0 Å². The van der Waals surface area contributed by atoms with Crippen LogP contribution in [0.4, 0.5) is 0 Å². The lowest BCUT2D eigenvalue weighted by atomic mass is 9.89. The highest BCUT2D eigenvalue weighted by molar-refractivity contribution is 5.75. The zero-order chi connectivity index (χ0) is 15.2. The van der Waals surface area contributed by atoms with Gasteiger partial charge in [-0.15, -0.1) is 0 Å². The van der Waals surface area contributed by atoms with Crippen molar-refractivity contribution in [3.05, 3.63) is 12.2 Å². The molecule has 0 aromatic carbocycles. The van der Waals surface area contributed by atoms with Crippen molar-refractivity contribution in [3.63, 3.8) is 0 Å². The standard InChI is InChI=1S/C16H28N2O2/c1-15(2,3)20-14(19)10-7-6-9-13(17-5)16(4)11-8-12-18-16/h8,11-13,17H,6-7,9-10H2,1-5H3. The first-order valence-corrected chi connectivity index (χ1v) is 7.39. The number of aliphatic imine (C=N–C) groups is 1. The number of likely N-dealkylation sites (N-methyl/N-ethyl adjacent to an activating group) is 1. The minimum Gasteiger partial charge on any atom is -0.460 e. The Morgan fingerprint density at radius 2 is 2.10 bits per heavy atom. The maximum absolute atomic E-state index is 11.6. The Balaban J connectivity index is 2.28. The molecule has 0 saturated carbocycles. The lowest BCUT2D eigenvalue weighted by molar-refractivity contribution is -0.154. The molecule has 1 N–H and O–H groups in total. The van der Waals surface area contributed by atoms with Crippen LogP contribution in [0.1, 0.15) is 53.4 Å². The minimum absolute atomic E-state index is 0.108. The van der Waals surface area contributed by atoms with Crippen LogP contribution in [-0.2, 0) is 9.53 Å².